The number of nitrogens with zero attached hydrogens (tertiary/aromatic N) is 4. The molecule has 0 aliphatic rings. The number of thioether (sulfide) groups is 1. The summed E-state index contributed by atoms with van der Waals surface area (Å²) >= 11 is 1.67. The molecular formula is C30H29N5S. The predicted molar refractivity (Wildman–Crippen MR) is 150 cm³/mol. The average molecular weight is 492 g/mol. The SMILES string of the molecule is CSc1nn(-c2ccccc2)c(CN(C)Cc2ccccc2)c1-c1ccnc(Nc2ccccc2)c1. The first kappa shape index (κ1) is 23.9. The second-order valence-corrected chi connectivity index (χ2v) is 9.45. The summed E-state index contributed by atoms with van der Waals surface area (Å²) in [5.41, 5.74) is 6.74. The van der Waals surface area contributed by atoms with Gasteiger partial charge in [0, 0.05) is 30.5 Å². The lowest BCUT2D eigenvalue weighted by atomic mass is 10.1. The molecule has 2 aromatic heterocycles. The molecule has 0 atom stereocenters. The molecule has 180 valence electrons. The molecule has 0 radical (unpaired) electrons. The van der Waals surface area contributed by atoms with Crippen molar-refractivity contribution >= 4 is 23.3 Å². The van der Waals surface area contributed by atoms with E-state index in [9.17, 15) is 0 Å². The van der Waals surface area contributed by atoms with Crippen molar-refractivity contribution in [3.05, 3.63) is 121 Å². The normalized spacial score (nSPS) is 11.1. The number of rotatable bonds is 9. The van der Waals surface area contributed by atoms with Crippen molar-refractivity contribution in [1.29, 1.82) is 0 Å². The van der Waals surface area contributed by atoms with Crippen LogP contribution >= 0.6 is 11.8 Å². The molecule has 5 rings (SSSR count). The van der Waals surface area contributed by atoms with Crippen LogP contribution in [0.25, 0.3) is 16.8 Å². The maximum atomic E-state index is 5.06. The van der Waals surface area contributed by atoms with Gasteiger partial charge < -0.3 is 5.32 Å². The van der Waals surface area contributed by atoms with Crippen LogP contribution < -0.4 is 5.32 Å². The molecule has 0 aliphatic heterocycles. The summed E-state index contributed by atoms with van der Waals surface area (Å²) < 4.78 is 2.09. The first-order valence-electron chi connectivity index (χ1n) is 11.9. The van der Waals surface area contributed by atoms with E-state index >= 15 is 0 Å². The lowest BCUT2D eigenvalue weighted by Gasteiger charge is -2.19. The third-order valence-corrected chi connectivity index (χ3v) is 6.63. The molecule has 0 spiro atoms. The number of aromatic nitrogens is 3. The van der Waals surface area contributed by atoms with E-state index in [4.69, 9.17) is 5.10 Å². The quantitative estimate of drug-likeness (QED) is 0.224. The summed E-state index contributed by atoms with van der Waals surface area (Å²) in [5, 5.41) is 9.49. The molecule has 0 bridgehead atoms. The van der Waals surface area contributed by atoms with Gasteiger partial charge >= 0.3 is 0 Å². The minimum atomic E-state index is 0.746. The van der Waals surface area contributed by atoms with Gasteiger partial charge in [0.15, 0.2) is 0 Å². The Morgan fingerprint density at radius 3 is 2.19 bits per heavy atom. The topological polar surface area (TPSA) is 46.0 Å². The Kier molecular flexibility index (Phi) is 7.45. The summed E-state index contributed by atoms with van der Waals surface area (Å²) in [6.45, 7) is 1.60. The molecule has 6 heteroatoms. The van der Waals surface area contributed by atoms with Crippen LogP contribution in [0.15, 0.2) is 114 Å². The van der Waals surface area contributed by atoms with Gasteiger partial charge in [0.1, 0.15) is 10.8 Å². The van der Waals surface area contributed by atoms with Crippen LogP contribution in [0.3, 0.4) is 0 Å². The van der Waals surface area contributed by atoms with Gasteiger partial charge in [-0.1, -0.05) is 66.7 Å². The van der Waals surface area contributed by atoms with Crippen molar-refractivity contribution in [2.24, 2.45) is 0 Å². The molecule has 0 saturated carbocycles. The molecule has 2 heterocycles. The molecule has 0 aliphatic carbocycles. The monoisotopic (exact) mass is 491 g/mol. The average Bonchev–Trinajstić information content (AvgIpc) is 3.28. The molecule has 1 N–H and O–H groups in total. The van der Waals surface area contributed by atoms with E-state index in [0.717, 1.165) is 52.1 Å². The molecule has 0 amide bonds. The number of pyridine rings is 1. The van der Waals surface area contributed by atoms with Crippen molar-refractivity contribution in [3.8, 4) is 16.8 Å². The second kappa shape index (κ2) is 11.2. The highest BCUT2D eigenvalue weighted by molar-refractivity contribution is 7.98. The van der Waals surface area contributed by atoms with Crippen molar-refractivity contribution in [1.82, 2.24) is 19.7 Å². The van der Waals surface area contributed by atoms with Crippen LogP contribution in [-0.2, 0) is 13.1 Å². The Morgan fingerprint density at radius 1 is 0.833 bits per heavy atom. The van der Waals surface area contributed by atoms with Gasteiger partial charge in [-0.3, -0.25) is 4.90 Å². The van der Waals surface area contributed by atoms with Gasteiger partial charge in [0.25, 0.3) is 0 Å². The van der Waals surface area contributed by atoms with Gasteiger partial charge in [-0.05, 0) is 60.8 Å². The van der Waals surface area contributed by atoms with Crippen LogP contribution in [0.5, 0.6) is 0 Å². The number of nitrogens with one attached hydrogen (secondary N) is 1. The van der Waals surface area contributed by atoms with Crippen molar-refractivity contribution in [2.45, 2.75) is 18.1 Å². The van der Waals surface area contributed by atoms with E-state index in [0.29, 0.717) is 0 Å². The molecule has 3 aromatic carbocycles. The summed E-state index contributed by atoms with van der Waals surface area (Å²) in [6, 6.07) is 35.3. The Bertz CT molecular complexity index is 1400. The fraction of sp³-hybridized carbons (Fsp3) is 0.133. The minimum absolute atomic E-state index is 0.746. The van der Waals surface area contributed by atoms with Gasteiger partial charge in [0.05, 0.1) is 11.4 Å². The predicted octanol–water partition coefficient (Wildman–Crippen LogP) is 7.03. The minimum Gasteiger partial charge on any atom is -0.340 e. The zero-order chi connectivity index (χ0) is 24.7. The number of anilines is 2. The van der Waals surface area contributed by atoms with E-state index in [1.165, 1.54) is 5.56 Å². The van der Waals surface area contributed by atoms with Crippen LogP contribution in [0.1, 0.15) is 11.3 Å². The Morgan fingerprint density at radius 2 is 1.50 bits per heavy atom. The lowest BCUT2D eigenvalue weighted by molar-refractivity contribution is 0.312. The number of hydrogen-bond acceptors (Lipinski definition) is 5. The van der Waals surface area contributed by atoms with Gasteiger partial charge in [-0.25, -0.2) is 9.67 Å². The van der Waals surface area contributed by atoms with Crippen LogP contribution in [0.4, 0.5) is 11.5 Å². The molecular weight excluding hydrogens is 462 g/mol. The standard InChI is InChI=1S/C30H29N5S/c1-34(21-23-12-6-3-7-13-23)22-27-29(30(36-2)33-35(27)26-16-10-5-11-17-26)24-18-19-31-28(20-24)32-25-14-8-4-9-15-25/h3-20H,21-22H2,1-2H3,(H,31,32). The number of benzene rings is 3. The Balaban J connectivity index is 1.56. The first-order valence-corrected chi connectivity index (χ1v) is 13.2. The van der Waals surface area contributed by atoms with E-state index < -0.39 is 0 Å². The summed E-state index contributed by atoms with van der Waals surface area (Å²) in [4.78, 5) is 6.91. The fourth-order valence-corrected chi connectivity index (χ4v) is 4.93. The van der Waals surface area contributed by atoms with Crippen molar-refractivity contribution < 1.29 is 0 Å². The highest BCUT2D eigenvalue weighted by Crippen LogP contribution is 2.36. The molecule has 36 heavy (non-hydrogen) atoms. The van der Waals surface area contributed by atoms with E-state index in [2.05, 4.69) is 99.9 Å². The Labute approximate surface area is 216 Å². The van der Waals surface area contributed by atoms with Crippen LogP contribution in [0.2, 0.25) is 0 Å². The third-order valence-electron chi connectivity index (χ3n) is 5.95. The van der Waals surface area contributed by atoms with Gasteiger partial charge in [-0.15, -0.1) is 11.8 Å². The van der Waals surface area contributed by atoms with Gasteiger partial charge in [0.2, 0.25) is 0 Å². The fourth-order valence-electron chi connectivity index (χ4n) is 4.32. The first-order chi connectivity index (χ1) is 17.7. The highest BCUT2D eigenvalue weighted by Gasteiger charge is 2.22. The molecule has 0 saturated heterocycles. The Hall–Kier alpha value is -3.87. The molecule has 5 nitrogen and oxygen atoms in total. The van der Waals surface area contributed by atoms with Crippen molar-refractivity contribution in [3.63, 3.8) is 0 Å². The summed E-state index contributed by atoms with van der Waals surface area (Å²) in [7, 11) is 2.16. The second-order valence-electron chi connectivity index (χ2n) is 8.66. The number of hydrogen-bond donors (Lipinski definition) is 1. The van der Waals surface area contributed by atoms with E-state index in [1.807, 2.05) is 42.6 Å². The zero-order valence-corrected chi connectivity index (χ0v) is 21.3. The largest absolute Gasteiger partial charge is 0.340 e. The molecule has 0 unspecified atom stereocenters. The number of para-hydroxylation sites is 2. The third kappa shape index (κ3) is 5.51. The van der Waals surface area contributed by atoms with Crippen LogP contribution in [-0.4, -0.2) is 33.0 Å². The van der Waals surface area contributed by atoms with Gasteiger partial charge in [-0.2, -0.15) is 5.10 Å². The summed E-state index contributed by atoms with van der Waals surface area (Å²) in [5.74, 6) is 0.807. The zero-order valence-electron chi connectivity index (χ0n) is 20.5. The maximum Gasteiger partial charge on any atom is 0.130 e. The molecule has 0 fully saturated rings. The highest BCUT2D eigenvalue weighted by atomic mass is 32.2. The lowest BCUT2D eigenvalue weighted by Crippen LogP contribution is -2.20. The van der Waals surface area contributed by atoms with Crippen molar-refractivity contribution in [2.75, 3.05) is 18.6 Å². The molecule has 5 aromatic rings. The summed E-state index contributed by atoms with van der Waals surface area (Å²) in [6.07, 6.45) is 3.95. The van der Waals surface area contributed by atoms with Crippen LogP contribution in [0, 0.1) is 0 Å². The van der Waals surface area contributed by atoms with E-state index in [1.54, 1.807) is 11.8 Å². The van der Waals surface area contributed by atoms with E-state index in [-0.39, 0.29) is 0 Å². The maximum absolute atomic E-state index is 5.06. The smallest absolute Gasteiger partial charge is 0.130 e.